The van der Waals surface area contributed by atoms with Gasteiger partial charge in [-0.2, -0.15) is 0 Å². The number of aliphatic hydroxyl groups is 16. The SMILES string of the molecule is [2H][C@@]1(O[C@H]([C@H](O)CO)[C@H](O)[C@](O)(CCCCC[C@](O)(C(N)=O)[C@@H](O)[C@H](O[C@]2([2H])O[C@H](CO)[C@H](O)[C@H](O)[C@H]2O)[C@H](O)CO)C(N)=O)O[C@H](CO)[C@H](O)[C@H](O)[C@H]1O. The molecular formula is C29H54N2O22. The third-order valence-corrected chi connectivity index (χ3v) is 9.19. The average Bonchev–Trinajstić information content (AvgIpc) is 3.15. The Morgan fingerprint density at radius 1 is 0.604 bits per heavy atom. The molecule has 0 aromatic carbocycles. The highest BCUT2D eigenvalue weighted by Crippen LogP contribution is 2.32. The number of hydrogen-bond donors (Lipinski definition) is 18. The van der Waals surface area contributed by atoms with Crippen LogP contribution in [0.4, 0.5) is 0 Å². The lowest BCUT2D eigenvalue weighted by atomic mass is 9.82. The molecule has 2 rings (SSSR count). The monoisotopic (exact) mass is 784 g/mol. The molecule has 0 aromatic heterocycles. The zero-order chi connectivity index (χ0) is 42.4. The molecule has 0 aliphatic carbocycles. The van der Waals surface area contributed by atoms with Crippen molar-refractivity contribution in [1.82, 2.24) is 0 Å². The van der Waals surface area contributed by atoms with Crippen molar-refractivity contribution in [1.29, 1.82) is 0 Å². The molecule has 0 saturated carbocycles. The van der Waals surface area contributed by atoms with Gasteiger partial charge in [0.2, 0.25) is 0 Å². The first kappa shape index (κ1) is 43.9. The molecular weight excluding hydrogens is 728 g/mol. The predicted octanol–water partition coefficient (Wildman–Crippen LogP) is -10.8. The van der Waals surface area contributed by atoms with Gasteiger partial charge in [-0.3, -0.25) is 9.59 Å². The minimum atomic E-state index is -3.21. The highest BCUT2D eigenvalue weighted by Gasteiger charge is 2.53. The molecule has 0 radical (unpaired) electrons. The van der Waals surface area contributed by atoms with Crippen LogP contribution in [0.1, 0.15) is 34.8 Å². The minimum Gasteiger partial charge on any atom is -0.394 e. The van der Waals surface area contributed by atoms with E-state index in [1.807, 2.05) is 0 Å². The number of aliphatic hydroxyl groups excluding tert-OH is 14. The van der Waals surface area contributed by atoms with Gasteiger partial charge >= 0.3 is 0 Å². The van der Waals surface area contributed by atoms with Gasteiger partial charge in [-0.05, 0) is 25.7 Å². The standard InChI is InChI=1S/C29H54N2O22/c30-26(46)28(48,22(44)20(10(36)6-32)52-24-18(42)16(40)14(38)12(8-34)50-24)4-2-1-3-5-29(49,27(31)47)23(45)21(11(37)7-33)53-25-19(43)17(41)15(39)13(9-35)51-25/h10-25,32-45,48-49H,1-9H2,(H2,30,46)(H2,31,47)/t10-,11-,12-,13-,14+,15+,16+,17+,18-,19-,20-,21-,22+,23+,24+,25+,28-,29-/m1/s1/i24D,25D. The fraction of sp³-hybridized carbons (Fsp3) is 0.931. The van der Waals surface area contributed by atoms with Crippen LogP contribution in [0.15, 0.2) is 0 Å². The van der Waals surface area contributed by atoms with Crippen LogP contribution in [0.25, 0.3) is 0 Å². The van der Waals surface area contributed by atoms with Crippen LogP contribution in [-0.4, -0.2) is 229 Å². The molecule has 2 aliphatic rings. The average molecular weight is 785 g/mol. The fourth-order valence-corrected chi connectivity index (χ4v) is 5.68. The number of ether oxygens (including phenoxy) is 4. The Morgan fingerprint density at radius 3 is 1.19 bits per heavy atom. The van der Waals surface area contributed by atoms with E-state index >= 15 is 0 Å². The lowest BCUT2D eigenvalue weighted by molar-refractivity contribution is -0.329. The molecule has 2 heterocycles. The van der Waals surface area contributed by atoms with Crippen molar-refractivity contribution in [3.63, 3.8) is 0 Å². The summed E-state index contributed by atoms with van der Waals surface area (Å²) in [6.07, 6.45) is -40.4. The topological polar surface area (TPSA) is 447 Å². The molecule has 18 atom stereocenters. The van der Waals surface area contributed by atoms with Gasteiger partial charge in [0.25, 0.3) is 11.8 Å². The lowest BCUT2D eigenvalue weighted by Gasteiger charge is -2.43. The highest BCUT2D eigenvalue weighted by atomic mass is 16.7. The first-order chi connectivity index (χ1) is 25.4. The molecule has 0 unspecified atom stereocenters. The van der Waals surface area contributed by atoms with Gasteiger partial charge in [0.1, 0.15) is 85.5 Å². The van der Waals surface area contributed by atoms with Crippen molar-refractivity contribution in [2.24, 2.45) is 11.5 Å². The zero-order valence-electron chi connectivity index (χ0n) is 30.2. The number of rotatable bonds is 22. The van der Waals surface area contributed by atoms with Crippen LogP contribution in [-0.2, 0) is 28.5 Å². The summed E-state index contributed by atoms with van der Waals surface area (Å²) in [7, 11) is 0. The van der Waals surface area contributed by atoms with E-state index < -0.39 is 160 Å². The number of carbonyl (C=O) groups is 2. The second-order valence-corrected chi connectivity index (χ2v) is 12.9. The van der Waals surface area contributed by atoms with E-state index in [1.54, 1.807) is 0 Å². The van der Waals surface area contributed by atoms with Crippen molar-refractivity contribution in [2.45, 2.75) is 141 Å². The summed E-state index contributed by atoms with van der Waals surface area (Å²) in [4.78, 5) is 24.9. The van der Waals surface area contributed by atoms with E-state index in [-0.39, 0.29) is 19.3 Å². The Bertz CT molecular complexity index is 1160. The van der Waals surface area contributed by atoms with E-state index in [0.29, 0.717) is 0 Å². The smallest absolute Gasteiger partial charge is 0.252 e. The molecule has 24 nitrogen and oxygen atoms in total. The first-order valence-electron chi connectivity index (χ1n) is 17.4. The number of hydrogen-bond acceptors (Lipinski definition) is 22. The zero-order valence-corrected chi connectivity index (χ0v) is 28.2. The number of carbonyl (C=O) groups excluding carboxylic acids is 2. The van der Waals surface area contributed by atoms with E-state index in [1.165, 1.54) is 0 Å². The van der Waals surface area contributed by atoms with Crippen LogP contribution in [0.5, 0.6) is 0 Å². The van der Waals surface area contributed by atoms with Gasteiger partial charge in [0, 0.05) is 0 Å². The van der Waals surface area contributed by atoms with Crippen molar-refractivity contribution in [3.05, 3.63) is 0 Å². The van der Waals surface area contributed by atoms with Gasteiger partial charge in [-0.25, -0.2) is 0 Å². The summed E-state index contributed by atoms with van der Waals surface area (Å²) in [5.74, 6) is -3.32. The molecule has 2 amide bonds. The van der Waals surface area contributed by atoms with Crippen LogP contribution in [0.3, 0.4) is 0 Å². The second kappa shape index (κ2) is 20.3. The normalized spacial score (nSPS) is 38.6. The van der Waals surface area contributed by atoms with Gasteiger partial charge in [0.15, 0.2) is 23.7 Å². The Hall–Kier alpha value is -1.86. The molecule has 2 fully saturated rings. The van der Waals surface area contributed by atoms with Crippen LogP contribution >= 0.6 is 0 Å². The maximum absolute atomic E-state index is 12.5. The summed E-state index contributed by atoms with van der Waals surface area (Å²) >= 11 is 0. The molecule has 0 aromatic rings. The predicted molar refractivity (Wildman–Crippen MR) is 167 cm³/mol. The summed E-state index contributed by atoms with van der Waals surface area (Å²) in [6, 6.07) is 0. The Kier molecular flexibility index (Phi) is 16.8. The molecule has 0 spiro atoms. The third kappa shape index (κ3) is 10.7. The lowest BCUT2D eigenvalue weighted by Crippen LogP contribution is -2.64. The Balaban J connectivity index is 2.25. The third-order valence-electron chi connectivity index (χ3n) is 9.19. The van der Waals surface area contributed by atoms with E-state index in [2.05, 4.69) is 0 Å². The number of primary amides is 2. The summed E-state index contributed by atoms with van der Waals surface area (Å²) in [5, 5.41) is 164. The maximum atomic E-state index is 12.5. The van der Waals surface area contributed by atoms with Crippen molar-refractivity contribution >= 4 is 11.8 Å². The van der Waals surface area contributed by atoms with Gasteiger partial charge in [0.05, 0.1) is 29.2 Å². The summed E-state index contributed by atoms with van der Waals surface area (Å²) < 4.78 is 37.0. The number of amides is 2. The largest absolute Gasteiger partial charge is 0.394 e. The molecule has 24 heteroatoms. The Labute approximate surface area is 304 Å². The van der Waals surface area contributed by atoms with E-state index in [0.717, 1.165) is 0 Å². The summed E-state index contributed by atoms with van der Waals surface area (Å²) in [5.41, 5.74) is 4.48. The minimum absolute atomic E-state index is 0.244. The molecule has 2 aliphatic heterocycles. The molecule has 0 bridgehead atoms. The fourth-order valence-electron chi connectivity index (χ4n) is 5.68. The number of unbranched alkanes of at least 4 members (excludes halogenated alkanes) is 2. The van der Waals surface area contributed by atoms with Crippen LogP contribution < -0.4 is 11.5 Å². The second-order valence-electron chi connectivity index (χ2n) is 12.9. The first-order valence-corrected chi connectivity index (χ1v) is 16.4. The molecule has 53 heavy (non-hydrogen) atoms. The van der Waals surface area contributed by atoms with Crippen molar-refractivity contribution < 1.29 is 113 Å². The quantitative estimate of drug-likeness (QED) is 0.0453. The molecule has 312 valence electrons. The van der Waals surface area contributed by atoms with Crippen molar-refractivity contribution in [2.75, 3.05) is 26.4 Å². The van der Waals surface area contributed by atoms with Crippen LogP contribution in [0.2, 0.25) is 0 Å². The highest BCUT2D eigenvalue weighted by molar-refractivity contribution is 5.84. The van der Waals surface area contributed by atoms with Crippen LogP contribution in [0, 0.1) is 0 Å². The number of nitrogens with two attached hydrogens (primary N) is 2. The van der Waals surface area contributed by atoms with Gasteiger partial charge in [-0.15, -0.1) is 0 Å². The van der Waals surface area contributed by atoms with Crippen molar-refractivity contribution in [3.8, 4) is 0 Å². The van der Waals surface area contributed by atoms with Gasteiger partial charge in [-0.1, -0.05) is 6.42 Å². The molecule has 20 N–H and O–H groups in total. The summed E-state index contributed by atoms with van der Waals surface area (Å²) in [6.45, 7) is -4.59. The Morgan fingerprint density at radius 2 is 0.925 bits per heavy atom. The van der Waals surface area contributed by atoms with E-state index in [4.69, 9.17) is 33.2 Å². The molecule has 2 saturated heterocycles. The van der Waals surface area contributed by atoms with Gasteiger partial charge < -0.3 is 112 Å². The van der Waals surface area contributed by atoms with E-state index in [9.17, 15) is 91.3 Å². The maximum Gasteiger partial charge on any atom is 0.252 e.